The van der Waals surface area contributed by atoms with Gasteiger partial charge in [0.05, 0.1) is 0 Å². The van der Waals surface area contributed by atoms with Crippen LogP contribution in [0.3, 0.4) is 0 Å². The molecule has 4 nitrogen and oxygen atoms in total. The number of rotatable bonds is 3. The van der Waals surface area contributed by atoms with Crippen LogP contribution in [0.25, 0.3) is 0 Å². The molecule has 1 aliphatic heterocycles. The van der Waals surface area contributed by atoms with Gasteiger partial charge in [-0.25, -0.2) is 9.18 Å². The minimum atomic E-state index is -0.489. The summed E-state index contributed by atoms with van der Waals surface area (Å²) in [4.78, 5) is 14.1. The topological polar surface area (TPSA) is 41.6 Å². The van der Waals surface area contributed by atoms with Gasteiger partial charge in [0, 0.05) is 23.6 Å². The number of hydrogen-bond acceptors (Lipinski definition) is 3. The third-order valence-corrected chi connectivity index (χ3v) is 4.37. The van der Waals surface area contributed by atoms with Crippen molar-refractivity contribution in [2.75, 3.05) is 13.1 Å². The van der Waals surface area contributed by atoms with Crippen LogP contribution in [0.2, 0.25) is 0 Å². The molecule has 1 heterocycles. The molecule has 0 aromatic heterocycles. The van der Waals surface area contributed by atoms with E-state index < -0.39 is 5.60 Å². The Morgan fingerprint density at radius 1 is 1.48 bits per heavy atom. The van der Waals surface area contributed by atoms with Gasteiger partial charge in [-0.2, -0.15) is 0 Å². The standard InChI is InChI=1S/C17H24BrFN2O2/c1-17(2,3)23-16(22)20-14-5-4-8-21(11-14)10-12-6-7-13(19)9-15(12)18/h6-7,9,14H,4-5,8,10-11H2,1-3H3,(H,20,22)/t14-/m0/s1. The smallest absolute Gasteiger partial charge is 0.407 e. The Morgan fingerprint density at radius 3 is 2.87 bits per heavy atom. The minimum Gasteiger partial charge on any atom is -0.444 e. The Bertz CT molecular complexity index is 560. The lowest BCUT2D eigenvalue weighted by Crippen LogP contribution is -2.48. The van der Waals surface area contributed by atoms with Gasteiger partial charge in [0.1, 0.15) is 11.4 Å². The van der Waals surface area contributed by atoms with Crippen LogP contribution >= 0.6 is 15.9 Å². The van der Waals surface area contributed by atoms with Crippen molar-refractivity contribution in [1.82, 2.24) is 10.2 Å². The highest BCUT2D eigenvalue weighted by Crippen LogP contribution is 2.21. The minimum absolute atomic E-state index is 0.0813. The largest absolute Gasteiger partial charge is 0.444 e. The average Bonchev–Trinajstić information content (AvgIpc) is 2.40. The predicted molar refractivity (Wildman–Crippen MR) is 91.8 cm³/mol. The van der Waals surface area contributed by atoms with Gasteiger partial charge < -0.3 is 10.1 Å². The van der Waals surface area contributed by atoms with Crippen molar-refractivity contribution < 1.29 is 13.9 Å². The van der Waals surface area contributed by atoms with E-state index in [0.29, 0.717) is 0 Å². The highest BCUT2D eigenvalue weighted by molar-refractivity contribution is 9.10. The van der Waals surface area contributed by atoms with Gasteiger partial charge in [0.25, 0.3) is 0 Å². The van der Waals surface area contributed by atoms with Gasteiger partial charge in [-0.1, -0.05) is 22.0 Å². The first-order valence-electron chi connectivity index (χ1n) is 7.89. The van der Waals surface area contributed by atoms with Crippen LogP contribution in [0, 0.1) is 5.82 Å². The lowest BCUT2D eigenvalue weighted by Gasteiger charge is -2.33. The zero-order chi connectivity index (χ0) is 17.0. The fraction of sp³-hybridized carbons (Fsp3) is 0.588. The molecule has 0 aliphatic carbocycles. The zero-order valence-electron chi connectivity index (χ0n) is 13.9. The predicted octanol–water partition coefficient (Wildman–Crippen LogP) is 4.08. The molecule has 1 saturated heterocycles. The number of halogens is 2. The second-order valence-corrected chi connectivity index (χ2v) is 7.81. The fourth-order valence-electron chi connectivity index (χ4n) is 2.68. The van der Waals surface area contributed by atoms with Gasteiger partial charge >= 0.3 is 6.09 Å². The number of piperidine rings is 1. The van der Waals surface area contributed by atoms with E-state index in [-0.39, 0.29) is 18.0 Å². The van der Waals surface area contributed by atoms with Crippen LogP contribution in [0.4, 0.5) is 9.18 Å². The van der Waals surface area contributed by atoms with E-state index in [1.165, 1.54) is 12.1 Å². The fourth-order valence-corrected chi connectivity index (χ4v) is 3.16. The normalized spacial score (nSPS) is 19.4. The molecule has 0 spiro atoms. The third-order valence-electron chi connectivity index (χ3n) is 3.64. The Hall–Kier alpha value is -1.14. The van der Waals surface area contributed by atoms with Gasteiger partial charge in [-0.05, 0) is 57.9 Å². The van der Waals surface area contributed by atoms with Gasteiger partial charge in [0.15, 0.2) is 0 Å². The molecule has 1 aromatic carbocycles. The van der Waals surface area contributed by atoms with E-state index in [1.54, 1.807) is 6.07 Å². The van der Waals surface area contributed by atoms with Gasteiger partial charge in [0.2, 0.25) is 0 Å². The zero-order valence-corrected chi connectivity index (χ0v) is 15.5. The van der Waals surface area contributed by atoms with Crippen molar-refractivity contribution in [2.24, 2.45) is 0 Å². The summed E-state index contributed by atoms with van der Waals surface area (Å²) in [6, 6.07) is 4.83. The molecule has 0 radical (unpaired) electrons. The quantitative estimate of drug-likeness (QED) is 0.850. The summed E-state index contributed by atoms with van der Waals surface area (Å²) in [6.45, 7) is 8.02. The van der Waals surface area contributed by atoms with Crippen molar-refractivity contribution in [2.45, 2.75) is 51.8 Å². The molecule has 0 saturated carbocycles. The molecular formula is C17H24BrFN2O2. The summed E-state index contributed by atoms with van der Waals surface area (Å²) in [5, 5.41) is 2.94. The molecule has 1 amide bonds. The Labute approximate surface area is 145 Å². The average molecular weight is 387 g/mol. The highest BCUT2D eigenvalue weighted by Gasteiger charge is 2.24. The number of ether oxygens (including phenoxy) is 1. The monoisotopic (exact) mass is 386 g/mol. The number of carbonyl (C=O) groups excluding carboxylic acids is 1. The molecule has 0 bridgehead atoms. The molecule has 1 aliphatic rings. The Kier molecular flexibility index (Phi) is 6.03. The molecule has 0 unspecified atom stereocenters. The number of alkyl carbamates (subject to hydrolysis) is 1. The van der Waals surface area contributed by atoms with Crippen LogP contribution in [0.1, 0.15) is 39.2 Å². The van der Waals surface area contributed by atoms with Crippen LogP contribution in [-0.2, 0) is 11.3 Å². The maximum absolute atomic E-state index is 13.2. The van der Waals surface area contributed by atoms with Crippen molar-refractivity contribution in [3.05, 3.63) is 34.1 Å². The first kappa shape index (κ1) is 18.2. The molecule has 128 valence electrons. The maximum atomic E-state index is 13.2. The summed E-state index contributed by atoms with van der Waals surface area (Å²) < 4.78 is 19.2. The molecule has 1 N–H and O–H groups in total. The lowest BCUT2D eigenvalue weighted by molar-refractivity contribution is 0.0470. The van der Waals surface area contributed by atoms with Crippen LogP contribution < -0.4 is 5.32 Å². The molecule has 23 heavy (non-hydrogen) atoms. The van der Waals surface area contributed by atoms with Crippen molar-refractivity contribution in [1.29, 1.82) is 0 Å². The van der Waals surface area contributed by atoms with Crippen molar-refractivity contribution in [3.63, 3.8) is 0 Å². The van der Waals surface area contributed by atoms with Crippen LogP contribution in [0.5, 0.6) is 0 Å². The van der Waals surface area contributed by atoms with E-state index in [9.17, 15) is 9.18 Å². The SMILES string of the molecule is CC(C)(C)OC(=O)N[C@H]1CCCN(Cc2ccc(F)cc2Br)C1. The van der Waals surface area contributed by atoms with Crippen molar-refractivity contribution in [3.8, 4) is 0 Å². The summed E-state index contributed by atoms with van der Waals surface area (Å²) in [5.74, 6) is -0.247. The molecular weight excluding hydrogens is 363 g/mol. The number of nitrogens with one attached hydrogen (secondary N) is 1. The molecule has 1 aromatic rings. The van der Waals surface area contributed by atoms with E-state index >= 15 is 0 Å². The number of carbonyl (C=O) groups is 1. The molecule has 1 atom stereocenters. The number of hydrogen-bond donors (Lipinski definition) is 1. The lowest BCUT2D eigenvalue weighted by atomic mass is 10.0. The second-order valence-electron chi connectivity index (χ2n) is 6.96. The molecule has 6 heteroatoms. The van der Waals surface area contributed by atoms with E-state index in [1.807, 2.05) is 20.8 Å². The van der Waals surface area contributed by atoms with E-state index in [2.05, 4.69) is 26.1 Å². The Morgan fingerprint density at radius 2 is 2.22 bits per heavy atom. The number of likely N-dealkylation sites (tertiary alicyclic amines) is 1. The van der Waals surface area contributed by atoms with E-state index in [0.717, 1.165) is 42.5 Å². The maximum Gasteiger partial charge on any atom is 0.407 e. The summed E-state index contributed by atoms with van der Waals surface area (Å²) in [6.07, 6.45) is 1.59. The van der Waals surface area contributed by atoms with Crippen molar-refractivity contribution >= 4 is 22.0 Å². The molecule has 1 fully saturated rings. The third kappa shape index (κ3) is 6.11. The first-order chi connectivity index (χ1) is 10.7. The van der Waals surface area contributed by atoms with E-state index in [4.69, 9.17) is 4.74 Å². The Balaban J connectivity index is 1.89. The summed E-state index contributed by atoms with van der Waals surface area (Å²) in [7, 11) is 0. The number of benzene rings is 1. The van der Waals surface area contributed by atoms with Crippen LogP contribution in [-0.4, -0.2) is 35.7 Å². The number of nitrogens with zero attached hydrogens (tertiary/aromatic N) is 1. The highest BCUT2D eigenvalue weighted by atomic mass is 79.9. The number of amides is 1. The van der Waals surface area contributed by atoms with Gasteiger partial charge in [-0.3, -0.25) is 4.90 Å². The van der Waals surface area contributed by atoms with Gasteiger partial charge in [-0.15, -0.1) is 0 Å². The summed E-state index contributed by atoms with van der Waals surface area (Å²) >= 11 is 3.41. The molecule has 2 rings (SSSR count). The first-order valence-corrected chi connectivity index (χ1v) is 8.68. The summed E-state index contributed by atoms with van der Waals surface area (Å²) in [5.41, 5.74) is 0.557. The second kappa shape index (κ2) is 7.62. The van der Waals surface area contributed by atoms with Crippen LogP contribution in [0.15, 0.2) is 22.7 Å².